The molecule has 2 unspecified atom stereocenters. The van der Waals surface area contributed by atoms with E-state index in [9.17, 15) is 9.59 Å². The number of rotatable bonds is 4. The van der Waals surface area contributed by atoms with Gasteiger partial charge in [0.05, 0.1) is 12.1 Å². The number of amides is 1. The van der Waals surface area contributed by atoms with Gasteiger partial charge in [0.2, 0.25) is 5.91 Å². The first kappa shape index (κ1) is 14.7. The van der Waals surface area contributed by atoms with Gasteiger partial charge in [-0.25, -0.2) is 4.79 Å². The van der Waals surface area contributed by atoms with Crippen molar-refractivity contribution in [2.45, 2.75) is 38.3 Å². The third-order valence-corrected chi connectivity index (χ3v) is 4.86. The van der Waals surface area contributed by atoms with E-state index in [1.165, 1.54) is 0 Å². The van der Waals surface area contributed by atoms with Crippen molar-refractivity contribution >= 4 is 23.6 Å². The van der Waals surface area contributed by atoms with Gasteiger partial charge < -0.3 is 15.4 Å². The second-order valence-corrected chi connectivity index (χ2v) is 6.55. The molecule has 2 atom stereocenters. The van der Waals surface area contributed by atoms with Crippen LogP contribution in [0.1, 0.15) is 26.7 Å². The zero-order chi connectivity index (χ0) is 14.0. The summed E-state index contributed by atoms with van der Waals surface area (Å²) < 4.78 is 5.06. The highest BCUT2D eigenvalue weighted by Crippen LogP contribution is 2.39. The van der Waals surface area contributed by atoms with E-state index in [2.05, 4.69) is 0 Å². The fourth-order valence-electron chi connectivity index (χ4n) is 2.45. The first-order valence-corrected chi connectivity index (χ1v) is 7.98. The van der Waals surface area contributed by atoms with Crippen molar-refractivity contribution in [1.29, 1.82) is 0 Å². The van der Waals surface area contributed by atoms with Crippen molar-refractivity contribution in [1.82, 2.24) is 4.90 Å². The number of hydrogen-bond donors (Lipinski definition) is 1. The molecule has 5 nitrogen and oxygen atoms in total. The molecule has 0 spiro atoms. The second kappa shape index (κ2) is 5.71. The van der Waals surface area contributed by atoms with E-state index in [0.29, 0.717) is 18.9 Å². The first-order valence-electron chi connectivity index (χ1n) is 6.82. The molecule has 2 aliphatic rings. The molecule has 1 aliphatic heterocycles. The predicted molar refractivity (Wildman–Crippen MR) is 74.8 cm³/mol. The van der Waals surface area contributed by atoms with Crippen LogP contribution in [0.5, 0.6) is 0 Å². The molecule has 1 amide bonds. The lowest BCUT2D eigenvalue weighted by molar-refractivity contribution is -0.155. The lowest BCUT2D eigenvalue weighted by Crippen LogP contribution is -2.61. The summed E-state index contributed by atoms with van der Waals surface area (Å²) in [5.74, 6) is 1.30. The normalized spacial score (nSPS) is 26.7. The monoisotopic (exact) mass is 286 g/mol. The number of nitrogens with zero attached hydrogens (tertiary/aromatic N) is 1. The fraction of sp³-hybridized carbons (Fsp3) is 0.846. The third-order valence-electron chi connectivity index (χ3n) is 3.83. The molecule has 0 bridgehead atoms. The maximum absolute atomic E-state index is 12.6. The van der Waals surface area contributed by atoms with Crippen LogP contribution < -0.4 is 5.73 Å². The summed E-state index contributed by atoms with van der Waals surface area (Å²) in [6, 6.07) is -0.479. The Balaban J connectivity index is 2.10. The van der Waals surface area contributed by atoms with Gasteiger partial charge in [0.15, 0.2) is 0 Å². The Kier molecular flexibility index (Phi) is 4.40. The van der Waals surface area contributed by atoms with Crippen LogP contribution >= 0.6 is 11.8 Å². The van der Waals surface area contributed by atoms with Crippen LogP contribution in [0.2, 0.25) is 0 Å². The number of nitrogens with two attached hydrogens (primary N) is 1. The molecule has 2 N–H and O–H groups in total. The Labute approximate surface area is 118 Å². The summed E-state index contributed by atoms with van der Waals surface area (Å²) in [4.78, 5) is 26.2. The largest absolute Gasteiger partial charge is 0.464 e. The zero-order valence-electron chi connectivity index (χ0n) is 11.6. The second-order valence-electron chi connectivity index (χ2n) is 5.40. The molecule has 1 saturated heterocycles. The Morgan fingerprint density at radius 3 is 2.74 bits per heavy atom. The average molecular weight is 286 g/mol. The molecular weight excluding hydrogens is 264 g/mol. The average Bonchev–Trinajstić information content (AvgIpc) is 3.22. The van der Waals surface area contributed by atoms with Gasteiger partial charge in [-0.05, 0) is 32.6 Å². The van der Waals surface area contributed by atoms with Gasteiger partial charge in [-0.15, -0.1) is 0 Å². The molecule has 108 valence electrons. The summed E-state index contributed by atoms with van der Waals surface area (Å²) in [6.07, 6.45) is 2.01. The van der Waals surface area contributed by atoms with Gasteiger partial charge in [-0.3, -0.25) is 4.79 Å². The molecule has 0 radical (unpaired) electrons. The third kappa shape index (κ3) is 3.05. The maximum Gasteiger partial charge on any atom is 0.329 e. The molecule has 0 aromatic carbocycles. The van der Waals surface area contributed by atoms with Crippen molar-refractivity contribution < 1.29 is 14.3 Å². The first-order chi connectivity index (χ1) is 8.98. The van der Waals surface area contributed by atoms with Gasteiger partial charge in [-0.2, -0.15) is 11.8 Å². The van der Waals surface area contributed by atoms with Gasteiger partial charge in [0, 0.05) is 18.1 Å². The fourth-order valence-corrected chi connectivity index (χ4v) is 3.48. The van der Waals surface area contributed by atoms with Crippen LogP contribution in [0, 0.1) is 5.92 Å². The topological polar surface area (TPSA) is 72.6 Å². The van der Waals surface area contributed by atoms with Crippen LogP contribution in [0.25, 0.3) is 0 Å². The minimum Gasteiger partial charge on any atom is -0.464 e. The minimum atomic E-state index is -0.841. The standard InChI is InChI=1S/C13H22N2O3S/c1-3-18-11(16)10-8-19-7-6-15(10)12(17)13(2,14)9-4-5-9/h9-10H,3-8,14H2,1-2H3. The number of thioether (sulfide) groups is 1. The van der Waals surface area contributed by atoms with E-state index in [1.807, 2.05) is 0 Å². The van der Waals surface area contributed by atoms with Crippen LogP contribution in [0.3, 0.4) is 0 Å². The molecule has 1 heterocycles. The van der Waals surface area contributed by atoms with Crippen molar-refractivity contribution in [2.24, 2.45) is 11.7 Å². The van der Waals surface area contributed by atoms with Crippen molar-refractivity contribution in [3.63, 3.8) is 0 Å². The summed E-state index contributed by atoms with van der Waals surface area (Å²) >= 11 is 1.68. The highest BCUT2D eigenvalue weighted by atomic mass is 32.2. The number of carbonyl (C=O) groups excluding carboxylic acids is 2. The maximum atomic E-state index is 12.6. The minimum absolute atomic E-state index is 0.103. The highest BCUT2D eigenvalue weighted by Gasteiger charge is 2.48. The van der Waals surface area contributed by atoms with Gasteiger partial charge >= 0.3 is 5.97 Å². The van der Waals surface area contributed by atoms with E-state index in [0.717, 1.165) is 18.6 Å². The zero-order valence-corrected chi connectivity index (χ0v) is 12.4. The van der Waals surface area contributed by atoms with Crippen LogP contribution in [0.4, 0.5) is 0 Å². The van der Waals surface area contributed by atoms with E-state index < -0.39 is 11.6 Å². The van der Waals surface area contributed by atoms with Crippen molar-refractivity contribution in [3.8, 4) is 0 Å². The molecule has 2 fully saturated rings. The number of carbonyl (C=O) groups is 2. The van der Waals surface area contributed by atoms with Crippen molar-refractivity contribution in [3.05, 3.63) is 0 Å². The van der Waals surface area contributed by atoms with Crippen molar-refractivity contribution in [2.75, 3.05) is 24.7 Å². The SMILES string of the molecule is CCOC(=O)C1CSCCN1C(=O)C(C)(N)C1CC1. The molecule has 0 aromatic heterocycles. The molecule has 19 heavy (non-hydrogen) atoms. The number of esters is 1. The number of hydrogen-bond acceptors (Lipinski definition) is 5. The van der Waals surface area contributed by atoms with Crippen LogP contribution in [0.15, 0.2) is 0 Å². The number of ether oxygens (including phenoxy) is 1. The van der Waals surface area contributed by atoms with Gasteiger partial charge in [0.25, 0.3) is 0 Å². The predicted octanol–water partition coefficient (Wildman–Crippen LogP) is 0.621. The molecule has 0 aromatic rings. The van der Waals surface area contributed by atoms with E-state index in [1.54, 1.807) is 30.5 Å². The van der Waals surface area contributed by atoms with E-state index in [4.69, 9.17) is 10.5 Å². The van der Waals surface area contributed by atoms with Gasteiger partial charge in [0.1, 0.15) is 6.04 Å². The summed E-state index contributed by atoms with van der Waals surface area (Å²) in [6.45, 7) is 4.48. The molecular formula is C13H22N2O3S. The van der Waals surface area contributed by atoms with Crippen LogP contribution in [-0.4, -0.2) is 53.0 Å². The molecule has 2 rings (SSSR count). The molecule has 1 saturated carbocycles. The van der Waals surface area contributed by atoms with Gasteiger partial charge in [-0.1, -0.05) is 0 Å². The Bertz CT molecular complexity index is 369. The Morgan fingerprint density at radius 1 is 1.47 bits per heavy atom. The quantitative estimate of drug-likeness (QED) is 0.767. The smallest absolute Gasteiger partial charge is 0.329 e. The summed E-state index contributed by atoms with van der Waals surface area (Å²) in [5, 5.41) is 0. The Hall–Kier alpha value is -0.750. The lowest BCUT2D eigenvalue weighted by Gasteiger charge is -2.38. The lowest BCUT2D eigenvalue weighted by atomic mass is 9.94. The summed E-state index contributed by atoms with van der Waals surface area (Å²) in [5.41, 5.74) is 5.34. The summed E-state index contributed by atoms with van der Waals surface area (Å²) in [7, 11) is 0. The van der Waals surface area contributed by atoms with E-state index >= 15 is 0 Å². The molecule has 1 aliphatic carbocycles. The van der Waals surface area contributed by atoms with Crippen LogP contribution in [-0.2, 0) is 14.3 Å². The van der Waals surface area contributed by atoms with E-state index in [-0.39, 0.29) is 17.8 Å². The Morgan fingerprint density at radius 2 is 2.16 bits per heavy atom. The molecule has 6 heteroatoms. The highest BCUT2D eigenvalue weighted by molar-refractivity contribution is 7.99.